The Morgan fingerprint density at radius 3 is 2.12 bits per heavy atom. The topological polar surface area (TPSA) is 52.7 Å². The second kappa shape index (κ2) is 8.19. The Hall–Kier alpha value is -1.60. The molecule has 2 aromatic carbocycles. The van der Waals surface area contributed by atoms with E-state index in [0.29, 0.717) is 0 Å². The quantitative estimate of drug-likeness (QED) is 0.801. The van der Waals surface area contributed by atoms with Crippen molar-refractivity contribution in [1.82, 2.24) is 9.62 Å². The van der Waals surface area contributed by atoms with Crippen LogP contribution in [0.2, 0.25) is 5.02 Å². The average molecular weight is 382 g/mol. The van der Waals surface area contributed by atoms with Crippen LogP contribution in [0.25, 0.3) is 0 Å². The molecule has 0 fully saturated rings. The van der Waals surface area contributed by atoms with Gasteiger partial charge in [-0.15, -0.1) is 0 Å². The van der Waals surface area contributed by atoms with E-state index in [1.54, 1.807) is 18.2 Å². The van der Waals surface area contributed by atoms with Gasteiger partial charge in [-0.3, -0.25) is 0 Å². The van der Waals surface area contributed by atoms with Gasteiger partial charge < -0.3 is 9.80 Å². The van der Waals surface area contributed by atoms with Crippen LogP contribution in [0.4, 0.5) is 5.69 Å². The normalized spacial score (nSPS) is 13.0. The van der Waals surface area contributed by atoms with E-state index in [9.17, 15) is 8.42 Å². The van der Waals surface area contributed by atoms with Crippen LogP contribution >= 0.6 is 11.6 Å². The highest BCUT2D eigenvalue weighted by molar-refractivity contribution is 7.89. The maximum atomic E-state index is 12.5. The first-order valence-electron chi connectivity index (χ1n) is 7.90. The minimum absolute atomic E-state index is 0.0894. The fourth-order valence-corrected chi connectivity index (χ4v) is 4.08. The lowest BCUT2D eigenvalue weighted by atomic mass is 10.1. The summed E-state index contributed by atoms with van der Waals surface area (Å²) in [6.07, 6.45) is 0. The van der Waals surface area contributed by atoms with E-state index >= 15 is 0 Å². The second-order valence-electron chi connectivity index (χ2n) is 6.25. The molecule has 0 radical (unpaired) electrons. The molecular formula is C18H24ClN3O2S. The van der Waals surface area contributed by atoms with Crippen molar-refractivity contribution < 1.29 is 8.42 Å². The number of nitrogens with one attached hydrogen (secondary N) is 1. The third-order valence-corrected chi connectivity index (χ3v) is 5.93. The van der Waals surface area contributed by atoms with Gasteiger partial charge in [0.2, 0.25) is 10.0 Å². The van der Waals surface area contributed by atoms with Gasteiger partial charge in [0, 0.05) is 32.4 Å². The highest BCUT2D eigenvalue weighted by atomic mass is 35.5. The molecular weight excluding hydrogens is 358 g/mol. The molecule has 0 unspecified atom stereocenters. The molecule has 0 heterocycles. The van der Waals surface area contributed by atoms with Crippen LogP contribution in [0.15, 0.2) is 53.4 Å². The maximum absolute atomic E-state index is 12.5. The van der Waals surface area contributed by atoms with E-state index in [4.69, 9.17) is 11.6 Å². The van der Waals surface area contributed by atoms with Crippen LogP contribution in [0, 0.1) is 0 Å². The minimum atomic E-state index is -3.67. The summed E-state index contributed by atoms with van der Waals surface area (Å²) in [7, 11) is 4.15. The summed E-state index contributed by atoms with van der Waals surface area (Å²) in [6.45, 7) is 0.252. The summed E-state index contributed by atoms with van der Waals surface area (Å²) in [4.78, 5) is 4.10. The third kappa shape index (κ3) is 4.95. The van der Waals surface area contributed by atoms with E-state index < -0.39 is 10.0 Å². The lowest BCUT2D eigenvalue weighted by Crippen LogP contribution is -2.34. The summed E-state index contributed by atoms with van der Waals surface area (Å²) in [5, 5.41) is 0.215. The Bertz CT molecular complexity index is 805. The van der Waals surface area contributed by atoms with E-state index in [1.165, 1.54) is 6.07 Å². The van der Waals surface area contributed by atoms with Gasteiger partial charge in [-0.2, -0.15) is 0 Å². The van der Waals surface area contributed by atoms with Gasteiger partial charge in [0.05, 0.1) is 5.02 Å². The number of sulfonamides is 1. The largest absolute Gasteiger partial charge is 0.378 e. The van der Waals surface area contributed by atoms with Crippen molar-refractivity contribution in [1.29, 1.82) is 0 Å². The molecule has 0 aliphatic carbocycles. The van der Waals surface area contributed by atoms with Crippen molar-refractivity contribution >= 4 is 27.3 Å². The molecule has 0 saturated heterocycles. The van der Waals surface area contributed by atoms with E-state index in [-0.39, 0.29) is 22.5 Å². The highest BCUT2D eigenvalue weighted by Gasteiger charge is 2.21. The van der Waals surface area contributed by atoms with Gasteiger partial charge in [-0.1, -0.05) is 35.9 Å². The van der Waals surface area contributed by atoms with Gasteiger partial charge in [0.25, 0.3) is 0 Å². The predicted octanol–water partition coefficient (Wildman–Crippen LogP) is 2.99. The summed E-state index contributed by atoms with van der Waals surface area (Å²) >= 11 is 6.02. The molecule has 1 atom stereocenters. The first-order chi connectivity index (χ1) is 11.7. The van der Waals surface area contributed by atoms with Crippen LogP contribution in [0.1, 0.15) is 11.6 Å². The maximum Gasteiger partial charge on any atom is 0.242 e. The van der Waals surface area contributed by atoms with Crippen LogP contribution < -0.4 is 9.62 Å². The molecule has 0 aromatic heterocycles. The molecule has 0 aliphatic rings. The molecule has 5 nitrogen and oxygen atoms in total. The van der Waals surface area contributed by atoms with Crippen molar-refractivity contribution in [2.45, 2.75) is 10.9 Å². The molecule has 136 valence electrons. The molecule has 7 heteroatoms. The SMILES string of the molecule is CN(C)c1ccc([C@@H](CNS(=O)(=O)c2ccccc2Cl)N(C)C)cc1. The van der Waals surface area contributed by atoms with E-state index in [2.05, 4.69) is 4.72 Å². The fourth-order valence-electron chi connectivity index (χ4n) is 2.52. The number of anilines is 1. The van der Waals surface area contributed by atoms with E-state index in [0.717, 1.165) is 11.3 Å². The first kappa shape index (κ1) is 19.7. The smallest absolute Gasteiger partial charge is 0.242 e. The van der Waals surface area contributed by atoms with Gasteiger partial charge in [0.1, 0.15) is 4.90 Å². The summed E-state index contributed by atoms with van der Waals surface area (Å²) < 4.78 is 27.7. The highest BCUT2D eigenvalue weighted by Crippen LogP contribution is 2.23. The number of likely N-dealkylation sites (N-methyl/N-ethyl adjacent to an activating group) is 1. The van der Waals surface area contributed by atoms with Crippen molar-refractivity contribution in [2.75, 3.05) is 39.6 Å². The number of benzene rings is 2. The van der Waals surface area contributed by atoms with Gasteiger partial charge in [0.15, 0.2) is 0 Å². The first-order valence-corrected chi connectivity index (χ1v) is 9.76. The van der Waals surface area contributed by atoms with Gasteiger partial charge >= 0.3 is 0 Å². The van der Waals surface area contributed by atoms with Crippen LogP contribution in [0.5, 0.6) is 0 Å². The Kier molecular flexibility index (Phi) is 6.46. The average Bonchev–Trinajstić information content (AvgIpc) is 2.55. The molecule has 0 spiro atoms. The molecule has 0 bridgehead atoms. The van der Waals surface area contributed by atoms with Crippen LogP contribution in [-0.4, -0.2) is 48.1 Å². The Morgan fingerprint density at radius 2 is 1.60 bits per heavy atom. The van der Waals surface area contributed by atoms with Crippen LogP contribution in [0.3, 0.4) is 0 Å². The second-order valence-corrected chi connectivity index (χ2v) is 8.39. The van der Waals surface area contributed by atoms with Gasteiger partial charge in [-0.25, -0.2) is 13.1 Å². The van der Waals surface area contributed by atoms with Crippen molar-refractivity contribution in [2.24, 2.45) is 0 Å². The minimum Gasteiger partial charge on any atom is -0.378 e. The zero-order valence-electron chi connectivity index (χ0n) is 14.9. The number of nitrogens with zero attached hydrogens (tertiary/aromatic N) is 2. The van der Waals surface area contributed by atoms with Crippen molar-refractivity contribution in [3.05, 3.63) is 59.1 Å². The summed E-state index contributed by atoms with van der Waals surface area (Å²) in [5.41, 5.74) is 2.13. The van der Waals surface area contributed by atoms with Crippen LogP contribution in [-0.2, 0) is 10.0 Å². The molecule has 2 aromatic rings. The zero-order chi connectivity index (χ0) is 18.6. The Labute approximate surface area is 155 Å². The molecule has 0 amide bonds. The fraction of sp³-hybridized carbons (Fsp3) is 0.333. The predicted molar refractivity (Wildman–Crippen MR) is 104 cm³/mol. The molecule has 2 rings (SSSR count). The van der Waals surface area contributed by atoms with Gasteiger partial charge in [-0.05, 0) is 43.9 Å². The molecule has 0 saturated carbocycles. The molecule has 25 heavy (non-hydrogen) atoms. The Morgan fingerprint density at radius 1 is 1.00 bits per heavy atom. The Balaban J connectivity index is 2.18. The number of hydrogen-bond donors (Lipinski definition) is 1. The standard InChI is InChI=1S/C18H24ClN3O2S/c1-21(2)15-11-9-14(10-12-15)17(22(3)4)13-20-25(23,24)18-8-6-5-7-16(18)19/h5-12,17,20H,13H2,1-4H3/t17-/m1/s1. The number of halogens is 1. The van der Waals surface area contributed by atoms with Crippen molar-refractivity contribution in [3.8, 4) is 0 Å². The zero-order valence-corrected chi connectivity index (χ0v) is 16.5. The van der Waals surface area contributed by atoms with E-state index in [1.807, 2.05) is 62.3 Å². The molecule has 0 aliphatic heterocycles. The lowest BCUT2D eigenvalue weighted by molar-refractivity contribution is 0.299. The summed E-state index contributed by atoms with van der Waals surface area (Å²) in [6, 6.07) is 14.4. The monoisotopic (exact) mass is 381 g/mol. The molecule has 1 N–H and O–H groups in total. The third-order valence-electron chi connectivity index (χ3n) is 4.01. The van der Waals surface area contributed by atoms with Crippen molar-refractivity contribution in [3.63, 3.8) is 0 Å². The lowest BCUT2D eigenvalue weighted by Gasteiger charge is -2.26. The number of hydrogen-bond acceptors (Lipinski definition) is 4. The number of rotatable bonds is 7. The summed E-state index contributed by atoms with van der Waals surface area (Å²) in [5.74, 6) is 0.